The number of hydrogen-bond donors (Lipinski definition) is 2. The zero-order chi connectivity index (χ0) is 11.2. The molecule has 1 aliphatic carbocycles. The van der Waals surface area contributed by atoms with Crippen molar-refractivity contribution in [3.05, 3.63) is 0 Å². The summed E-state index contributed by atoms with van der Waals surface area (Å²) in [7, 11) is 0. The second kappa shape index (κ2) is 6.61. The van der Waals surface area contributed by atoms with Gasteiger partial charge in [0.05, 0.1) is 0 Å². The van der Waals surface area contributed by atoms with Crippen LogP contribution in [0.5, 0.6) is 0 Å². The molecule has 1 saturated heterocycles. The molecule has 94 valence electrons. The Bertz CT molecular complexity index is 179. The molecule has 1 heterocycles. The maximum atomic E-state index is 3.70. The van der Waals surface area contributed by atoms with Gasteiger partial charge in [-0.15, -0.1) is 0 Å². The van der Waals surface area contributed by atoms with Crippen LogP contribution in [0.4, 0.5) is 0 Å². The van der Waals surface area contributed by atoms with Crippen LogP contribution in [0.2, 0.25) is 0 Å². The first kappa shape index (κ1) is 12.4. The van der Waals surface area contributed by atoms with E-state index in [4.69, 9.17) is 0 Å². The van der Waals surface area contributed by atoms with Crippen molar-refractivity contribution in [1.29, 1.82) is 0 Å². The van der Waals surface area contributed by atoms with Gasteiger partial charge in [0.1, 0.15) is 0 Å². The predicted octanol–water partition coefficient (Wildman–Crippen LogP) is 2.40. The van der Waals surface area contributed by atoms with Crippen LogP contribution in [0.25, 0.3) is 0 Å². The summed E-state index contributed by atoms with van der Waals surface area (Å²) in [5, 5.41) is 7.19. The molecule has 16 heavy (non-hydrogen) atoms. The standard InChI is InChI=1S/C14H28N2/c1-12-4-6-13(7-5-12)9-16-11-14-3-2-8-15-10-14/h12-16H,2-11H2,1H3. The van der Waals surface area contributed by atoms with Crippen LogP contribution in [0.1, 0.15) is 45.4 Å². The molecule has 2 nitrogen and oxygen atoms in total. The molecule has 2 fully saturated rings. The van der Waals surface area contributed by atoms with Crippen LogP contribution in [0, 0.1) is 17.8 Å². The van der Waals surface area contributed by atoms with Gasteiger partial charge in [0, 0.05) is 0 Å². The molecule has 0 aromatic rings. The lowest BCUT2D eigenvalue weighted by Crippen LogP contribution is -2.37. The lowest BCUT2D eigenvalue weighted by atomic mass is 9.83. The first-order valence-corrected chi connectivity index (χ1v) is 7.26. The van der Waals surface area contributed by atoms with Crippen molar-refractivity contribution < 1.29 is 0 Å². The van der Waals surface area contributed by atoms with Gasteiger partial charge in [-0.1, -0.05) is 19.8 Å². The Morgan fingerprint density at radius 3 is 2.44 bits per heavy atom. The molecule has 2 heteroatoms. The summed E-state index contributed by atoms with van der Waals surface area (Å²) in [6.07, 6.45) is 8.61. The Morgan fingerprint density at radius 1 is 1.00 bits per heavy atom. The summed E-state index contributed by atoms with van der Waals surface area (Å²) < 4.78 is 0. The van der Waals surface area contributed by atoms with Gasteiger partial charge in [0.25, 0.3) is 0 Å². The lowest BCUT2D eigenvalue weighted by Gasteiger charge is -2.28. The molecule has 2 N–H and O–H groups in total. The summed E-state index contributed by atoms with van der Waals surface area (Å²) in [4.78, 5) is 0. The normalized spacial score (nSPS) is 36.2. The van der Waals surface area contributed by atoms with Crippen molar-refractivity contribution in [2.75, 3.05) is 26.2 Å². The third-order valence-corrected chi connectivity index (χ3v) is 4.40. The average molecular weight is 224 g/mol. The monoisotopic (exact) mass is 224 g/mol. The Hall–Kier alpha value is -0.0800. The summed E-state index contributed by atoms with van der Waals surface area (Å²) in [5.74, 6) is 2.84. The average Bonchev–Trinajstić information content (AvgIpc) is 2.33. The van der Waals surface area contributed by atoms with E-state index in [0.29, 0.717) is 0 Å². The highest BCUT2D eigenvalue weighted by atomic mass is 14.9. The summed E-state index contributed by atoms with van der Waals surface area (Å²) in [6.45, 7) is 7.37. The highest BCUT2D eigenvalue weighted by Crippen LogP contribution is 2.27. The fourth-order valence-electron chi connectivity index (χ4n) is 3.12. The molecule has 0 amide bonds. The van der Waals surface area contributed by atoms with E-state index in [-0.39, 0.29) is 0 Å². The van der Waals surface area contributed by atoms with Gasteiger partial charge < -0.3 is 10.6 Å². The number of piperidine rings is 1. The SMILES string of the molecule is CC1CCC(CNCC2CCCNC2)CC1. The largest absolute Gasteiger partial charge is 0.316 e. The van der Waals surface area contributed by atoms with Crippen molar-refractivity contribution in [3.63, 3.8) is 0 Å². The van der Waals surface area contributed by atoms with Crippen molar-refractivity contribution in [2.24, 2.45) is 17.8 Å². The summed E-state index contributed by atoms with van der Waals surface area (Å²) in [6, 6.07) is 0. The highest BCUT2D eigenvalue weighted by molar-refractivity contribution is 4.74. The van der Waals surface area contributed by atoms with Gasteiger partial charge in [-0.05, 0) is 69.6 Å². The fraction of sp³-hybridized carbons (Fsp3) is 1.00. The van der Waals surface area contributed by atoms with Crippen LogP contribution >= 0.6 is 0 Å². The maximum absolute atomic E-state index is 3.70. The number of nitrogens with one attached hydrogen (secondary N) is 2. The first-order chi connectivity index (χ1) is 7.84. The van der Waals surface area contributed by atoms with Crippen LogP contribution in [0.3, 0.4) is 0 Å². The van der Waals surface area contributed by atoms with Gasteiger partial charge in [-0.25, -0.2) is 0 Å². The highest BCUT2D eigenvalue weighted by Gasteiger charge is 2.18. The van der Waals surface area contributed by atoms with Crippen LogP contribution < -0.4 is 10.6 Å². The Kier molecular flexibility index (Phi) is 5.11. The first-order valence-electron chi connectivity index (χ1n) is 7.26. The van der Waals surface area contributed by atoms with Crippen LogP contribution in [-0.4, -0.2) is 26.2 Å². The van der Waals surface area contributed by atoms with Crippen molar-refractivity contribution in [2.45, 2.75) is 45.4 Å². The van der Waals surface area contributed by atoms with Crippen LogP contribution in [-0.2, 0) is 0 Å². The predicted molar refractivity (Wildman–Crippen MR) is 69.6 cm³/mol. The summed E-state index contributed by atoms with van der Waals surface area (Å²) in [5.41, 5.74) is 0. The van der Waals surface area contributed by atoms with Crippen LogP contribution in [0.15, 0.2) is 0 Å². The van der Waals surface area contributed by atoms with Gasteiger partial charge in [-0.2, -0.15) is 0 Å². The third-order valence-electron chi connectivity index (χ3n) is 4.40. The van der Waals surface area contributed by atoms with E-state index in [0.717, 1.165) is 17.8 Å². The lowest BCUT2D eigenvalue weighted by molar-refractivity contribution is 0.272. The topological polar surface area (TPSA) is 24.1 Å². The smallest absolute Gasteiger partial charge is 0.000826 e. The Balaban J connectivity index is 1.53. The minimum absolute atomic E-state index is 0.885. The van der Waals surface area contributed by atoms with Gasteiger partial charge in [-0.3, -0.25) is 0 Å². The Morgan fingerprint density at radius 2 is 1.75 bits per heavy atom. The van der Waals surface area contributed by atoms with Gasteiger partial charge in [0.2, 0.25) is 0 Å². The second-order valence-electron chi connectivity index (χ2n) is 6.00. The molecule has 2 rings (SSSR count). The number of rotatable bonds is 4. The molecule has 0 aromatic heterocycles. The minimum atomic E-state index is 0.885. The molecule has 1 aliphatic heterocycles. The molecule has 1 saturated carbocycles. The fourth-order valence-corrected chi connectivity index (χ4v) is 3.12. The van der Waals surface area contributed by atoms with E-state index in [1.165, 1.54) is 64.7 Å². The maximum Gasteiger partial charge on any atom is -0.000826 e. The van der Waals surface area contributed by atoms with Crippen molar-refractivity contribution >= 4 is 0 Å². The molecule has 0 spiro atoms. The zero-order valence-corrected chi connectivity index (χ0v) is 10.8. The number of hydrogen-bond acceptors (Lipinski definition) is 2. The Labute approximate surface area is 101 Å². The van der Waals surface area contributed by atoms with E-state index >= 15 is 0 Å². The molecule has 2 aliphatic rings. The molecule has 0 radical (unpaired) electrons. The molecular weight excluding hydrogens is 196 g/mol. The van der Waals surface area contributed by atoms with E-state index in [1.54, 1.807) is 0 Å². The van der Waals surface area contributed by atoms with E-state index in [9.17, 15) is 0 Å². The zero-order valence-electron chi connectivity index (χ0n) is 10.8. The quantitative estimate of drug-likeness (QED) is 0.766. The van der Waals surface area contributed by atoms with Crippen molar-refractivity contribution in [3.8, 4) is 0 Å². The second-order valence-corrected chi connectivity index (χ2v) is 6.00. The van der Waals surface area contributed by atoms with E-state index in [1.807, 2.05) is 0 Å². The molecule has 1 atom stereocenters. The van der Waals surface area contributed by atoms with E-state index < -0.39 is 0 Å². The third kappa shape index (κ3) is 4.06. The molecule has 0 bridgehead atoms. The van der Waals surface area contributed by atoms with Gasteiger partial charge >= 0.3 is 0 Å². The van der Waals surface area contributed by atoms with Gasteiger partial charge in [0.15, 0.2) is 0 Å². The van der Waals surface area contributed by atoms with E-state index in [2.05, 4.69) is 17.6 Å². The minimum Gasteiger partial charge on any atom is -0.316 e. The molecule has 1 unspecified atom stereocenters. The molecule has 0 aromatic carbocycles. The molecular formula is C14H28N2. The van der Waals surface area contributed by atoms with Crippen molar-refractivity contribution in [1.82, 2.24) is 10.6 Å². The summed E-state index contributed by atoms with van der Waals surface area (Å²) >= 11 is 0.